The Bertz CT molecular complexity index is 1520. The minimum atomic E-state index is -1.62. The number of rotatable bonds is 2. The van der Waals surface area contributed by atoms with E-state index in [-0.39, 0.29) is 12.8 Å². The van der Waals surface area contributed by atoms with Crippen LogP contribution in [0.25, 0.3) is 42.6 Å². The van der Waals surface area contributed by atoms with Gasteiger partial charge in [0.1, 0.15) is 0 Å². The van der Waals surface area contributed by atoms with Crippen molar-refractivity contribution in [2.75, 3.05) is 0 Å². The van der Waals surface area contributed by atoms with E-state index in [2.05, 4.69) is 41.4 Å². The van der Waals surface area contributed by atoms with Gasteiger partial charge in [-0.05, 0) is 60.0 Å². The molecule has 0 saturated heterocycles. The molecule has 0 N–H and O–H groups in total. The number of aryl methyl sites for hydroxylation is 1. The molecule has 6 rings (SSSR count). The summed E-state index contributed by atoms with van der Waals surface area (Å²) in [7, 11) is 0. The molecule has 29 heavy (non-hydrogen) atoms. The lowest BCUT2D eigenvalue weighted by atomic mass is 9.89. The van der Waals surface area contributed by atoms with Crippen LogP contribution in [0.1, 0.15) is 29.5 Å². The van der Waals surface area contributed by atoms with Crippen molar-refractivity contribution >= 4 is 31.5 Å². The molecule has 1 aliphatic carbocycles. The summed E-state index contributed by atoms with van der Waals surface area (Å²) in [6, 6.07) is 24.6. The largest absolute Gasteiger partial charge is 0.256 e. The fourth-order valence-corrected chi connectivity index (χ4v) is 5.43. The van der Waals surface area contributed by atoms with Crippen LogP contribution in [0.15, 0.2) is 79.0 Å². The Morgan fingerprint density at radius 1 is 0.793 bits per heavy atom. The number of benzene rings is 3. The fraction of sp³-hybridized carbons (Fsp3) is 0.148. The fourth-order valence-electron chi connectivity index (χ4n) is 4.17. The molecule has 2 heteroatoms. The lowest BCUT2D eigenvalue weighted by Gasteiger charge is -2.18. The van der Waals surface area contributed by atoms with Crippen molar-refractivity contribution in [2.45, 2.75) is 25.6 Å². The lowest BCUT2D eigenvalue weighted by molar-refractivity contribution is 0.684. The van der Waals surface area contributed by atoms with Crippen molar-refractivity contribution < 1.29 is 5.48 Å². The van der Waals surface area contributed by atoms with Crippen LogP contribution in [0, 0.1) is 0 Å². The molecule has 0 aliphatic heterocycles. The van der Waals surface area contributed by atoms with Gasteiger partial charge in [-0.2, -0.15) is 0 Å². The maximum absolute atomic E-state index is 8.68. The van der Waals surface area contributed by atoms with Crippen LogP contribution in [0.5, 0.6) is 0 Å². The third kappa shape index (κ3) is 2.79. The Kier molecular flexibility index (Phi) is 3.13. The van der Waals surface area contributed by atoms with E-state index in [1.54, 1.807) is 23.6 Å². The Labute approximate surface area is 180 Å². The molecule has 1 nitrogen and oxygen atoms in total. The van der Waals surface area contributed by atoms with E-state index in [9.17, 15) is 0 Å². The predicted octanol–water partition coefficient (Wildman–Crippen LogP) is 7.66. The highest BCUT2D eigenvalue weighted by atomic mass is 32.1. The molecule has 0 spiro atoms. The molecule has 0 atom stereocenters. The van der Waals surface area contributed by atoms with Gasteiger partial charge in [0.2, 0.25) is 0 Å². The summed E-state index contributed by atoms with van der Waals surface area (Å²) in [6.07, 6.45) is -1.24. The van der Waals surface area contributed by atoms with Crippen molar-refractivity contribution in [3.8, 4) is 22.4 Å². The highest BCUT2D eigenvalue weighted by Gasteiger charge is 2.18. The molecular weight excluding hydrogens is 370 g/mol. The van der Waals surface area contributed by atoms with Crippen LogP contribution in [0.4, 0.5) is 0 Å². The van der Waals surface area contributed by atoms with E-state index in [1.807, 2.05) is 30.3 Å². The topological polar surface area (TPSA) is 12.9 Å². The number of thiophene rings is 1. The molecule has 0 unspecified atom stereocenters. The summed E-state index contributed by atoms with van der Waals surface area (Å²) in [6.45, 7) is 0. The van der Waals surface area contributed by atoms with E-state index < -0.39 is 12.7 Å². The van der Waals surface area contributed by atoms with Gasteiger partial charge in [-0.15, -0.1) is 11.3 Å². The molecule has 0 saturated carbocycles. The summed E-state index contributed by atoms with van der Waals surface area (Å²) in [5.74, 6) is 0. The number of hydrogen-bond donors (Lipinski definition) is 0. The maximum Gasteiger partial charge on any atom is 0.0751 e. The molecule has 0 amide bonds. The Hall–Kier alpha value is -2.97. The van der Waals surface area contributed by atoms with Gasteiger partial charge in [-0.1, -0.05) is 60.7 Å². The van der Waals surface area contributed by atoms with Crippen LogP contribution in [0.3, 0.4) is 0 Å². The molecule has 5 aromatic rings. The van der Waals surface area contributed by atoms with E-state index in [0.717, 1.165) is 21.2 Å². The zero-order valence-corrected chi connectivity index (χ0v) is 16.6. The molecule has 0 radical (unpaired) electrons. The van der Waals surface area contributed by atoms with Gasteiger partial charge in [-0.25, -0.2) is 0 Å². The molecule has 2 heterocycles. The first kappa shape index (κ1) is 13.3. The first-order valence-corrected chi connectivity index (χ1v) is 10.7. The lowest BCUT2D eigenvalue weighted by Crippen LogP contribution is -2.05. The molecule has 0 fully saturated rings. The van der Waals surface area contributed by atoms with Crippen molar-refractivity contribution in [1.29, 1.82) is 0 Å². The maximum atomic E-state index is 8.68. The zero-order chi connectivity index (χ0) is 22.8. The van der Waals surface area contributed by atoms with Crippen LogP contribution >= 0.6 is 11.3 Å². The quantitative estimate of drug-likeness (QED) is 0.299. The summed E-state index contributed by atoms with van der Waals surface area (Å²) >= 11 is 1.69. The normalized spacial score (nSPS) is 19.2. The van der Waals surface area contributed by atoms with Crippen LogP contribution < -0.4 is 0 Å². The van der Waals surface area contributed by atoms with Crippen molar-refractivity contribution in [2.24, 2.45) is 0 Å². The average Bonchev–Trinajstić information content (AvgIpc) is 3.20. The number of nitrogens with zero attached hydrogens (tertiary/aromatic N) is 1. The second kappa shape index (κ2) is 6.82. The van der Waals surface area contributed by atoms with Gasteiger partial charge in [-0.3, -0.25) is 4.98 Å². The third-order valence-corrected chi connectivity index (χ3v) is 6.76. The van der Waals surface area contributed by atoms with E-state index in [4.69, 9.17) is 5.48 Å². The standard InChI is InChI=1S/C27H21NS/c1-2-7-18(8-3-1)20-13-14-22-23-11-6-12-24(27(23)29-25(22)17-20)26-21-10-5-4-9-19(21)15-16-28-26/h1-3,6-8,11-17H,4-5,9-10H2/i9D2,10D2. The summed E-state index contributed by atoms with van der Waals surface area (Å²) < 4.78 is 36.5. The summed E-state index contributed by atoms with van der Waals surface area (Å²) in [5.41, 5.74) is 4.58. The Balaban J connectivity index is 1.61. The van der Waals surface area contributed by atoms with Gasteiger partial charge >= 0.3 is 0 Å². The minimum Gasteiger partial charge on any atom is -0.256 e. The highest BCUT2D eigenvalue weighted by molar-refractivity contribution is 7.26. The van der Waals surface area contributed by atoms with Crippen LogP contribution in [-0.4, -0.2) is 4.98 Å². The SMILES string of the molecule is [2H]C1([2H])CCC([2H])([2H])c2c1ccnc2-c1cccc2c1sc1cc(-c3ccccc3)ccc12. The smallest absolute Gasteiger partial charge is 0.0751 e. The number of aromatic nitrogens is 1. The van der Waals surface area contributed by atoms with Crippen molar-refractivity contribution in [3.63, 3.8) is 0 Å². The van der Waals surface area contributed by atoms with Crippen LogP contribution in [-0.2, 0) is 12.7 Å². The molecule has 2 aromatic heterocycles. The first-order valence-electron chi connectivity index (χ1n) is 11.9. The monoisotopic (exact) mass is 395 g/mol. The van der Waals surface area contributed by atoms with Gasteiger partial charge in [0.05, 0.1) is 5.69 Å². The molecule has 0 bridgehead atoms. The van der Waals surface area contributed by atoms with Crippen molar-refractivity contribution in [3.05, 3.63) is 90.1 Å². The van der Waals surface area contributed by atoms with Gasteiger partial charge in [0.25, 0.3) is 0 Å². The van der Waals surface area contributed by atoms with Crippen molar-refractivity contribution in [1.82, 2.24) is 4.98 Å². The number of hydrogen-bond acceptors (Lipinski definition) is 2. The zero-order valence-electron chi connectivity index (χ0n) is 19.8. The third-order valence-electron chi connectivity index (χ3n) is 5.55. The van der Waals surface area contributed by atoms with Gasteiger partial charge in [0.15, 0.2) is 0 Å². The Morgan fingerprint density at radius 3 is 2.62 bits per heavy atom. The van der Waals surface area contributed by atoms with E-state index >= 15 is 0 Å². The molecule has 1 aliphatic rings. The summed E-state index contributed by atoms with van der Waals surface area (Å²) in [5, 5.41) is 2.28. The number of fused-ring (bicyclic) bond motifs is 4. The van der Waals surface area contributed by atoms with Crippen LogP contribution in [0.2, 0.25) is 0 Å². The van der Waals surface area contributed by atoms with E-state index in [1.165, 1.54) is 15.6 Å². The highest BCUT2D eigenvalue weighted by Crippen LogP contribution is 2.42. The molecule has 140 valence electrons. The second-order valence-corrected chi connectivity index (χ2v) is 8.35. The molecule has 3 aromatic carbocycles. The second-order valence-electron chi connectivity index (χ2n) is 7.30. The van der Waals surface area contributed by atoms with Gasteiger partial charge < -0.3 is 0 Å². The number of pyridine rings is 1. The minimum absolute atomic E-state index is 0.147. The van der Waals surface area contributed by atoms with Gasteiger partial charge in [0, 0.05) is 37.4 Å². The predicted molar refractivity (Wildman–Crippen MR) is 125 cm³/mol. The van der Waals surface area contributed by atoms with E-state index in [0.29, 0.717) is 16.8 Å². The average molecular weight is 396 g/mol. The first-order chi connectivity index (χ1) is 15.9. The Morgan fingerprint density at radius 2 is 1.69 bits per heavy atom. The molecular formula is C27H21NS. The summed E-state index contributed by atoms with van der Waals surface area (Å²) in [4.78, 5) is 4.61.